The maximum atomic E-state index is 13.6. The maximum Gasteiger partial charge on any atom is 0.416 e. The van der Waals surface area contributed by atoms with Gasteiger partial charge in [0.25, 0.3) is 0 Å². The van der Waals surface area contributed by atoms with Gasteiger partial charge in [-0.15, -0.1) is 0 Å². The van der Waals surface area contributed by atoms with Crippen molar-refractivity contribution in [1.82, 2.24) is 5.32 Å². The minimum Gasteiger partial charge on any atom is -0.354 e. The first kappa shape index (κ1) is 25.3. The van der Waals surface area contributed by atoms with Crippen molar-refractivity contribution in [2.24, 2.45) is 0 Å². The number of nitrogens with one attached hydrogen (secondary N) is 1. The van der Waals surface area contributed by atoms with Crippen LogP contribution < -0.4 is 9.62 Å². The summed E-state index contributed by atoms with van der Waals surface area (Å²) < 4.78 is 77.3. The summed E-state index contributed by atoms with van der Waals surface area (Å²) in [5, 5.41) is 2.25. The van der Waals surface area contributed by atoms with Crippen LogP contribution in [0.1, 0.15) is 11.1 Å². The quantitative estimate of drug-likeness (QED) is 0.413. The molecule has 0 aliphatic carbocycles. The molecule has 0 saturated carbocycles. The van der Waals surface area contributed by atoms with Crippen molar-refractivity contribution in [2.45, 2.75) is 11.9 Å². The summed E-state index contributed by atoms with van der Waals surface area (Å²) in [5.74, 6) is -0.243. The number of rotatable bonds is 9. The Labute approximate surface area is 186 Å². The van der Waals surface area contributed by atoms with E-state index >= 15 is 0 Å². The number of carbonyl (C=O) groups is 1. The van der Waals surface area contributed by atoms with Crippen LogP contribution >= 0.6 is 23.4 Å². The number of carbonyl (C=O) groups excluding carboxylic acids is 1. The Kier molecular flexibility index (Phi) is 8.61. The van der Waals surface area contributed by atoms with Gasteiger partial charge in [0.2, 0.25) is 15.9 Å². The van der Waals surface area contributed by atoms with Crippen molar-refractivity contribution in [3.8, 4) is 0 Å². The molecule has 1 N–H and O–H groups in total. The monoisotopic (exact) mass is 498 g/mol. The molecule has 0 radical (unpaired) electrons. The van der Waals surface area contributed by atoms with Gasteiger partial charge in [-0.25, -0.2) is 12.8 Å². The molecule has 0 saturated heterocycles. The zero-order valence-corrected chi connectivity index (χ0v) is 18.6. The molecule has 2 rings (SSSR count). The minimum atomic E-state index is -4.71. The van der Waals surface area contributed by atoms with Crippen molar-refractivity contribution in [3.63, 3.8) is 0 Å². The lowest BCUT2D eigenvalue weighted by atomic mass is 10.2. The van der Waals surface area contributed by atoms with E-state index in [9.17, 15) is 30.8 Å². The predicted octanol–water partition coefficient (Wildman–Crippen LogP) is 4.31. The normalized spacial score (nSPS) is 11.9. The molecule has 170 valence electrons. The Hall–Kier alpha value is -1.98. The summed E-state index contributed by atoms with van der Waals surface area (Å²) in [4.78, 5) is 12.2. The minimum absolute atomic E-state index is 0.159. The summed E-state index contributed by atoms with van der Waals surface area (Å²) in [6.45, 7) is -0.580. The van der Waals surface area contributed by atoms with Gasteiger partial charge in [-0.05, 0) is 29.8 Å². The third-order valence-electron chi connectivity index (χ3n) is 4.01. The largest absolute Gasteiger partial charge is 0.416 e. The summed E-state index contributed by atoms with van der Waals surface area (Å²) in [7, 11) is -4.10. The molecule has 0 heterocycles. The van der Waals surface area contributed by atoms with Crippen LogP contribution in [0.25, 0.3) is 0 Å². The van der Waals surface area contributed by atoms with E-state index in [-0.39, 0.29) is 17.4 Å². The van der Waals surface area contributed by atoms with Gasteiger partial charge in [0.05, 0.1) is 22.5 Å². The highest BCUT2D eigenvalue weighted by Crippen LogP contribution is 2.36. The van der Waals surface area contributed by atoms with Crippen LogP contribution in [0.3, 0.4) is 0 Å². The first-order valence-corrected chi connectivity index (χ1v) is 12.2. The van der Waals surface area contributed by atoms with Gasteiger partial charge in [0, 0.05) is 18.1 Å². The Morgan fingerprint density at radius 2 is 1.87 bits per heavy atom. The second kappa shape index (κ2) is 10.6. The highest BCUT2D eigenvalue weighted by Gasteiger charge is 2.33. The lowest BCUT2D eigenvalue weighted by molar-refractivity contribution is -0.137. The molecule has 12 heteroatoms. The molecule has 1 amide bonds. The molecule has 0 fully saturated rings. The van der Waals surface area contributed by atoms with Gasteiger partial charge in [-0.2, -0.15) is 24.9 Å². The van der Waals surface area contributed by atoms with Crippen LogP contribution in [-0.2, 0) is 26.7 Å². The Morgan fingerprint density at radius 1 is 1.19 bits per heavy atom. The van der Waals surface area contributed by atoms with Gasteiger partial charge in [-0.1, -0.05) is 29.8 Å². The van der Waals surface area contributed by atoms with Gasteiger partial charge in [0.15, 0.2) is 0 Å². The van der Waals surface area contributed by atoms with Crippen LogP contribution in [0.2, 0.25) is 5.02 Å². The molecule has 2 aromatic rings. The molecule has 0 atom stereocenters. The second-order valence-electron chi connectivity index (χ2n) is 6.43. The summed E-state index contributed by atoms with van der Waals surface area (Å²) in [5.41, 5.74) is -1.02. The van der Waals surface area contributed by atoms with E-state index in [0.717, 1.165) is 18.4 Å². The number of hydrogen-bond donors (Lipinski definition) is 1. The fraction of sp³-hybridized carbons (Fsp3) is 0.316. The Balaban J connectivity index is 1.99. The summed E-state index contributed by atoms with van der Waals surface area (Å²) in [6.07, 6.45) is -3.94. The number of benzene rings is 2. The van der Waals surface area contributed by atoms with Crippen LogP contribution in [0, 0.1) is 5.82 Å². The molecule has 0 aromatic heterocycles. The van der Waals surface area contributed by atoms with Gasteiger partial charge in [0.1, 0.15) is 12.4 Å². The highest BCUT2D eigenvalue weighted by molar-refractivity contribution is 7.98. The molecule has 5 nitrogen and oxygen atoms in total. The number of amides is 1. The van der Waals surface area contributed by atoms with Crippen molar-refractivity contribution in [3.05, 3.63) is 64.4 Å². The topological polar surface area (TPSA) is 66.5 Å². The lowest BCUT2D eigenvalue weighted by Crippen LogP contribution is -2.41. The van der Waals surface area contributed by atoms with E-state index in [1.807, 2.05) is 0 Å². The summed E-state index contributed by atoms with van der Waals surface area (Å²) >= 11 is 7.27. The number of halogens is 5. The molecule has 31 heavy (non-hydrogen) atoms. The Morgan fingerprint density at radius 3 is 2.48 bits per heavy atom. The van der Waals surface area contributed by atoms with E-state index < -0.39 is 39.9 Å². The maximum absolute atomic E-state index is 13.6. The fourth-order valence-corrected chi connectivity index (χ4v) is 4.48. The number of anilines is 1. The summed E-state index contributed by atoms with van der Waals surface area (Å²) in [6, 6.07) is 8.50. The molecular formula is C19H19ClF4N2O3S2. The van der Waals surface area contributed by atoms with E-state index in [4.69, 9.17) is 11.6 Å². The van der Waals surface area contributed by atoms with E-state index in [0.29, 0.717) is 27.4 Å². The first-order chi connectivity index (χ1) is 14.4. The van der Waals surface area contributed by atoms with Crippen LogP contribution in [0.5, 0.6) is 0 Å². The zero-order valence-electron chi connectivity index (χ0n) is 16.2. The number of alkyl halides is 3. The first-order valence-electron chi connectivity index (χ1n) is 8.82. The zero-order chi connectivity index (χ0) is 23.2. The van der Waals surface area contributed by atoms with Gasteiger partial charge >= 0.3 is 6.18 Å². The molecule has 0 aliphatic heterocycles. The number of nitrogens with zero attached hydrogens (tertiary/aromatic N) is 1. The predicted molar refractivity (Wildman–Crippen MR) is 114 cm³/mol. The molecule has 0 bridgehead atoms. The number of sulfonamides is 1. The lowest BCUT2D eigenvalue weighted by Gasteiger charge is -2.24. The smallest absolute Gasteiger partial charge is 0.354 e. The van der Waals surface area contributed by atoms with Crippen molar-refractivity contribution >= 4 is 45.0 Å². The molecule has 0 aliphatic rings. The van der Waals surface area contributed by atoms with Crippen LogP contribution in [0.15, 0.2) is 42.5 Å². The molecular weight excluding hydrogens is 480 g/mol. The van der Waals surface area contributed by atoms with Crippen LogP contribution in [0.4, 0.5) is 23.2 Å². The van der Waals surface area contributed by atoms with Crippen molar-refractivity contribution in [2.75, 3.05) is 29.4 Å². The average molecular weight is 499 g/mol. The molecule has 0 spiro atoms. The van der Waals surface area contributed by atoms with E-state index in [1.54, 1.807) is 18.2 Å². The van der Waals surface area contributed by atoms with Crippen molar-refractivity contribution in [1.29, 1.82) is 0 Å². The molecule has 2 aromatic carbocycles. The fourth-order valence-electron chi connectivity index (χ4n) is 2.51. The van der Waals surface area contributed by atoms with Crippen LogP contribution in [-0.4, -0.2) is 39.4 Å². The highest BCUT2D eigenvalue weighted by atomic mass is 35.5. The van der Waals surface area contributed by atoms with Gasteiger partial charge in [-0.3, -0.25) is 9.10 Å². The van der Waals surface area contributed by atoms with Gasteiger partial charge < -0.3 is 5.32 Å². The third-order valence-corrected chi connectivity index (χ3v) is 6.47. The number of thioether (sulfide) groups is 1. The standard InChI is InChI=1S/C19H19ClF4N2O3S2/c1-31(28,29)26(17-10-14(19(22,23)24)6-7-15(17)20)11-18(27)25-8-9-30-12-13-4-2-3-5-16(13)21/h2-7,10H,8-9,11-12H2,1H3,(H,25,27). The number of hydrogen-bond acceptors (Lipinski definition) is 4. The van der Waals surface area contributed by atoms with E-state index in [2.05, 4.69) is 5.32 Å². The third kappa shape index (κ3) is 7.58. The average Bonchev–Trinajstić information content (AvgIpc) is 2.66. The molecule has 0 unspecified atom stereocenters. The van der Waals surface area contributed by atoms with Crippen molar-refractivity contribution < 1.29 is 30.8 Å². The van der Waals surface area contributed by atoms with E-state index in [1.165, 1.54) is 17.8 Å². The second-order valence-corrected chi connectivity index (χ2v) is 9.85. The Bertz CT molecular complexity index is 1030. The SMILES string of the molecule is CS(=O)(=O)N(CC(=O)NCCSCc1ccccc1F)c1cc(C(F)(F)F)ccc1Cl.